The average molecular weight is 740 g/mol. The Labute approximate surface area is 301 Å². The van der Waals surface area contributed by atoms with E-state index in [1.165, 1.54) is 6.33 Å². The number of halogens is 4. The standard InChI is InChI=1S/C35H37ClF3N9O4/c1-4-21-15-45(34(52)29-31(50)18(3)41-17-42-29)10-11-46(21)30-24(5-2)48(16-27(49)43-23-7-6-20(13-22(23)36)35(37,38)39)33-28(32(30)51)44-26(14-40-33)47-9-8-19-12-25(19)47/h6-7,13-14,17,19,21,25,50H,4-5,8-12,15-16H2,1-3H3,(H,43,49). The first-order valence-corrected chi connectivity index (χ1v) is 17.6. The number of aromatic nitrogens is 5. The summed E-state index contributed by atoms with van der Waals surface area (Å²) in [5, 5.41) is 12.8. The third kappa shape index (κ3) is 6.37. The number of anilines is 3. The van der Waals surface area contributed by atoms with E-state index in [0.717, 1.165) is 37.6 Å². The van der Waals surface area contributed by atoms with Crippen LogP contribution in [0.1, 0.15) is 60.5 Å². The van der Waals surface area contributed by atoms with E-state index in [9.17, 15) is 32.7 Å². The number of pyridine rings is 1. The van der Waals surface area contributed by atoms with E-state index in [0.29, 0.717) is 42.0 Å². The third-order valence-electron chi connectivity index (χ3n) is 10.3. The fourth-order valence-electron chi connectivity index (χ4n) is 7.45. The normalized spacial score (nSPS) is 20.0. The second-order valence-corrected chi connectivity index (χ2v) is 13.8. The highest BCUT2D eigenvalue weighted by atomic mass is 35.5. The quantitative estimate of drug-likeness (QED) is 0.258. The van der Waals surface area contributed by atoms with Crippen molar-refractivity contribution in [2.75, 3.05) is 41.3 Å². The van der Waals surface area contributed by atoms with Crippen molar-refractivity contribution in [2.45, 2.75) is 71.3 Å². The molecule has 2 amide bonds. The summed E-state index contributed by atoms with van der Waals surface area (Å²) in [6.45, 7) is 6.55. The van der Waals surface area contributed by atoms with Gasteiger partial charge in [-0.1, -0.05) is 25.4 Å². The van der Waals surface area contributed by atoms with Crippen LogP contribution in [0.15, 0.2) is 35.5 Å². The third-order valence-corrected chi connectivity index (χ3v) is 10.6. The molecule has 17 heteroatoms. The summed E-state index contributed by atoms with van der Waals surface area (Å²) in [6, 6.07) is 2.72. The number of hydrogen-bond acceptors (Lipinski definition) is 10. The number of rotatable bonds is 8. The molecule has 3 aliphatic rings. The molecule has 2 N–H and O–H groups in total. The molecule has 0 spiro atoms. The summed E-state index contributed by atoms with van der Waals surface area (Å²) in [4.78, 5) is 65.0. The maximum absolute atomic E-state index is 14.6. The molecule has 3 aromatic heterocycles. The Morgan fingerprint density at radius 2 is 1.88 bits per heavy atom. The van der Waals surface area contributed by atoms with Crippen LogP contribution >= 0.6 is 11.6 Å². The number of carbonyl (C=O) groups excluding carboxylic acids is 2. The number of aryl methyl sites for hydroxylation is 1. The topological polar surface area (TPSA) is 150 Å². The molecule has 3 atom stereocenters. The smallest absolute Gasteiger partial charge is 0.416 e. The molecule has 1 aromatic carbocycles. The van der Waals surface area contributed by atoms with E-state index in [1.807, 2.05) is 18.7 Å². The van der Waals surface area contributed by atoms with Crippen molar-refractivity contribution in [3.05, 3.63) is 68.6 Å². The highest BCUT2D eigenvalue weighted by Crippen LogP contribution is 2.46. The fraction of sp³-hybridized carbons (Fsp3) is 0.457. The maximum atomic E-state index is 14.6. The lowest BCUT2D eigenvalue weighted by Crippen LogP contribution is -2.56. The average Bonchev–Trinajstić information content (AvgIpc) is 3.78. The lowest BCUT2D eigenvalue weighted by atomic mass is 10.0. The molecule has 1 saturated carbocycles. The number of alkyl halides is 3. The zero-order chi connectivity index (χ0) is 37.1. The number of fused-ring (bicyclic) bond motifs is 2. The van der Waals surface area contributed by atoms with E-state index < -0.39 is 23.6 Å². The first kappa shape index (κ1) is 35.4. The van der Waals surface area contributed by atoms with Gasteiger partial charge in [-0.2, -0.15) is 13.2 Å². The van der Waals surface area contributed by atoms with Gasteiger partial charge in [-0.25, -0.2) is 19.9 Å². The van der Waals surface area contributed by atoms with Gasteiger partial charge in [0, 0.05) is 44.0 Å². The summed E-state index contributed by atoms with van der Waals surface area (Å²) in [5.41, 5.74) is 0.0297. The van der Waals surface area contributed by atoms with E-state index >= 15 is 0 Å². The number of aromatic hydroxyl groups is 1. The van der Waals surface area contributed by atoms with Gasteiger partial charge in [0.15, 0.2) is 22.6 Å². The van der Waals surface area contributed by atoms with Crippen molar-refractivity contribution in [2.24, 2.45) is 5.92 Å². The number of amides is 2. The predicted octanol–water partition coefficient (Wildman–Crippen LogP) is 4.81. The van der Waals surface area contributed by atoms with Gasteiger partial charge in [-0.05, 0) is 56.7 Å². The van der Waals surface area contributed by atoms with Crippen molar-refractivity contribution < 1.29 is 27.9 Å². The molecule has 1 aliphatic carbocycles. The molecule has 4 aromatic rings. The summed E-state index contributed by atoms with van der Waals surface area (Å²) in [5.74, 6) is -0.147. The van der Waals surface area contributed by atoms with E-state index in [2.05, 4.69) is 20.2 Å². The Balaban J connectivity index is 1.27. The summed E-state index contributed by atoms with van der Waals surface area (Å²) >= 11 is 6.15. The number of carbonyl (C=O) groups is 2. The number of nitrogens with one attached hydrogen (secondary N) is 1. The van der Waals surface area contributed by atoms with Crippen molar-refractivity contribution in [1.82, 2.24) is 29.4 Å². The number of benzene rings is 1. The molecule has 274 valence electrons. The minimum absolute atomic E-state index is 0.00133. The first-order valence-electron chi connectivity index (χ1n) is 17.2. The van der Waals surface area contributed by atoms with E-state index in [4.69, 9.17) is 21.6 Å². The second-order valence-electron chi connectivity index (χ2n) is 13.4. The van der Waals surface area contributed by atoms with Crippen LogP contribution in [0.2, 0.25) is 5.02 Å². The van der Waals surface area contributed by atoms with Crippen molar-refractivity contribution in [1.29, 1.82) is 0 Å². The molecule has 0 radical (unpaired) electrons. The van der Waals surface area contributed by atoms with Crippen LogP contribution in [-0.2, 0) is 23.9 Å². The highest BCUT2D eigenvalue weighted by molar-refractivity contribution is 6.33. The molecule has 2 saturated heterocycles. The fourth-order valence-corrected chi connectivity index (χ4v) is 7.67. The molecule has 7 rings (SSSR count). The van der Waals surface area contributed by atoms with Gasteiger partial charge in [0.2, 0.25) is 11.3 Å². The maximum Gasteiger partial charge on any atom is 0.416 e. The van der Waals surface area contributed by atoms with Crippen LogP contribution in [0.4, 0.5) is 30.4 Å². The molecule has 3 fully saturated rings. The van der Waals surface area contributed by atoms with Crippen LogP contribution < -0.4 is 20.5 Å². The number of piperazine rings is 1. The Bertz CT molecular complexity index is 2150. The zero-order valence-corrected chi connectivity index (χ0v) is 29.5. The molecule has 5 heterocycles. The van der Waals surface area contributed by atoms with Crippen LogP contribution in [0.25, 0.3) is 11.2 Å². The van der Waals surface area contributed by atoms with Crippen LogP contribution in [0.5, 0.6) is 5.75 Å². The summed E-state index contributed by atoms with van der Waals surface area (Å²) < 4.78 is 41.4. The van der Waals surface area contributed by atoms with Gasteiger partial charge in [-0.3, -0.25) is 14.4 Å². The number of piperidine rings is 1. The minimum Gasteiger partial charge on any atom is -0.504 e. The highest BCUT2D eigenvalue weighted by Gasteiger charge is 2.47. The minimum atomic E-state index is -4.60. The molecular weight excluding hydrogens is 703 g/mol. The molecule has 0 bridgehead atoms. The number of hydrogen-bond donors (Lipinski definition) is 2. The van der Waals surface area contributed by atoms with Crippen molar-refractivity contribution in [3.8, 4) is 5.75 Å². The van der Waals surface area contributed by atoms with Gasteiger partial charge in [0.25, 0.3) is 5.91 Å². The lowest BCUT2D eigenvalue weighted by molar-refractivity contribution is -0.137. The Morgan fingerprint density at radius 3 is 2.54 bits per heavy atom. The van der Waals surface area contributed by atoms with E-state index in [1.54, 1.807) is 22.6 Å². The van der Waals surface area contributed by atoms with Crippen LogP contribution in [0.3, 0.4) is 0 Å². The Hall–Kier alpha value is -4.99. The van der Waals surface area contributed by atoms with Gasteiger partial charge < -0.3 is 29.7 Å². The first-order chi connectivity index (χ1) is 24.8. The van der Waals surface area contributed by atoms with Crippen LogP contribution in [-0.4, -0.2) is 84.6 Å². The second kappa shape index (κ2) is 13.5. The predicted molar refractivity (Wildman–Crippen MR) is 188 cm³/mol. The summed E-state index contributed by atoms with van der Waals surface area (Å²) in [7, 11) is 0. The zero-order valence-electron chi connectivity index (χ0n) is 28.7. The Morgan fingerprint density at radius 1 is 1.10 bits per heavy atom. The number of nitrogens with zero attached hydrogens (tertiary/aromatic N) is 8. The molecule has 2 aliphatic heterocycles. The molecule has 13 nitrogen and oxygen atoms in total. The SMILES string of the molecule is CCc1c(N2CCN(C(=O)c3ncnc(C)c3O)CC2CC)c(=O)c2nc(N3CCC4CC43)cnc2n1CC(=O)Nc1ccc(C(F)(F)F)cc1Cl. The van der Waals surface area contributed by atoms with Gasteiger partial charge >= 0.3 is 6.18 Å². The van der Waals surface area contributed by atoms with E-state index in [-0.39, 0.29) is 76.7 Å². The van der Waals surface area contributed by atoms with Gasteiger partial charge in [0.05, 0.1) is 28.2 Å². The van der Waals surface area contributed by atoms with Crippen LogP contribution in [0, 0.1) is 12.8 Å². The Kier molecular flexibility index (Phi) is 9.21. The molecule has 52 heavy (non-hydrogen) atoms. The summed E-state index contributed by atoms with van der Waals surface area (Å²) in [6.07, 6.45) is 1.20. The van der Waals surface area contributed by atoms with Gasteiger partial charge in [0.1, 0.15) is 24.4 Å². The molecule has 3 unspecified atom stereocenters. The van der Waals surface area contributed by atoms with Gasteiger partial charge in [-0.15, -0.1) is 0 Å². The monoisotopic (exact) mass is 739 g/mol. The van der Waals surface area contributed by atoms with Crippen molar-refractivity contribution >= 4 is 51.8 Å². The molecular formula is C35H37ClF3N9O4. The lowest BCUT2D eigenvalue weighted by Gasteiger charge is -2.43. The largest absolute Gasteiger partial charge is 0.504 e. The van der Waals surface area contributed by atoms with Crippen molar-refractivity contribution in [3.63, 3.8) is 0 Å².